The number of nitrogens with zero attached hydrogens (tertiary/aromatic N) is 2. The third-order valence-corrected chi connectivity index (χ3v) is 6.78. The molecule has 0 spiro atoms. The number of ether oxygens (including phenoxy) is 1. The molecule has 6 nitrogen and oxygen atoms in total. The lowest BCUT2D eigenvalue weighted by molar-refractivity contribution is 0.0270. The van der Waals surface area contributed by atoms with Gasteiger partial charge in [-0.15, -0.1) is 0 Å². The molecule has 2 heterocycles. The van der Waals surface area contributed by atoms with Crippen molar-refractivity contribution in [1.82, 2.24) is 9.80 Å². The first-order valence-electron chi connectivity index (χ1n) is 12.7. The van der Waals surface area contributed by atoms with Gasteiger partial charge in [-0.1, -0.05) is 48.0 Å². The van der Waals surface area contributed by atoms with Crippen molar-refractivity contribution >= 4 is 23.4 Å². The van der Waals surface area contributed by atoms with Gasteiger partial charge in [0.05, 0.1) is 5.69 Å². The minimum Gasteiger partial charge on any atom is -0.444 e. The molecule has 7 heteroatoms. The Bertz CT molecular complexity index is 1130. The molecule has 0 aromatic heterocycles. The summed E-state index contributed by atoms with van der Waals surface area (Å²) in [5.74, 6) is -0.0372. The molecule has 1 fully saturated rings. The zero-order valence-corrected chi connectivity index (χ0v) is 21.6. The SMILES string of the molecule is Cc1ccc(C2CCN(C(=O)Nc3c(F)cccc3C3=CCN(C(=O)OC(C)(C)C)CC3)CC2)cc1. The highest BCUT2D eigenvalue weighted by atomic mass is 19.1. The maximum Gasteiger partial charge on any atom is 0.410 e. The summed E-state index contributed by atoms with van der Waals surface area (Å²) in [7, 11) is 0. The van der Waals surface area contributed by atoms with Crippen LogP contribution in [-0.4, -0.2) is 53.7 Å². The number of carbonyl (C=O) groups is 2. The van der Waals surface area contributed by atoms with Crippen LogP contribution in [0.1, 0.15) is 62.6 Å². The van der Waals surface area contributed by atoms with E-state index in [1.165, 1.54) is 17.2 Å². The van der Waals surface area contributed by atoms with Crippen molar-refractivity contribution in [3.63, 3.8) is 0 Å². The Morgan fingerprint density at radius 1 is 1.00 bits per heavy atom. The molecule has 2 aromatic rings. The second-order valence-electron chi connectivity index (χ2n) is 10.7. The number of anilines is 1. The molecule has 192 valence electrons. The number of para-hydroxylation sites is 1. The summed E-state index contributed by atoms with van der Waals surface area (Å²) in [6.07, 6.45) is 3.86. The summed E-state index contributed by atoms with van der Waals surface area (Å²) in [6, 6.07) is 13.1. The lowest BCUT2D eigenvalue weighted by atomic mass is 9.89. The minimum atomic E-state index is -0.560. The number of piperidine rings is 1. The molecule has 0 radical (unpaired) electrons. The predicted octanol–water partition coefficient (Wildman–Crippen LogP) is 6.57. The van der Waals surface area contributed by atoms with E-state index in [4.69, 9.17) is 4.74 Å². The maximum absolute atomic E-state index is 14.9. The van der Waals surface area contributed by atoms with E-state index in [9.17, 15) is 14.0 Å². The van der Waals surface area contributed by atoms with Crippen LogP contribution < -0.4 is 5.32 Å². The van der Waals surface area contributed by atoms with Crippen LogP contribution in [0.5, 0.6) is 0 Å². The van der Waals surface area contributed by atoms with Crippen LogP contribution in [0.15, 0.2) is 48.5 Å². The second kappa shape index (κ2) is 10.7. The van der Waals surface area contributed by atoms with Crippen LogP contribution in [0.4, 0.5) is 19.7 Å². The number of nitrogens with one attached hydrogen (secondary N) is 1. The van der Waals surface area contributed by atoms with Gasteiger partial charge < -0.3 is 19.9 Å². The molecule has 36 heavy (non-hydrogen) atoms. The van der Waals surface area contributed by atoms with E-state index in [1.54, 1.807) is 15.9 Å². The summed E-state index contributed by atoms with van der Waals surface area (Å²) in [4.78, 5) is 28.8. The second-order valence-corrected chi connectivity index (χ2v) is 10.7. The lowest BCUT2D eigenvalue weighted by Gasteiger charge is -2.33. The van der Waals surface area contributed by atoms with Crippen molar-refractivity contribution in [1.29, 1.82) is 0 Å². The first-order chi connectivity index (χ1) is 17.1. The highest BCUT2D eigenvalue weighted by Gasteiger charge is 2.27. The molecule has 0 aliphatic carbocycles. The highest BCUT2D eigenvalue weighted by molar-refractivity contribution is 5.93. The summed E-state index contributed by atoms with van der Waals surface area (Å²) in [6.45, 7) is 9.68. The number of hydrogen-bond acceptors (Lipinski definition) is 3. The van der Waals surface area contributed by atoms with Crippen LogP contribution in [0.25, 0.3) is 5.57 Å². The number of carbonyl (C=O) groups excluding carboxylic acids is 2. The molecule has 0 saturated carbocycles. The normalized spacial score (nSPS) is 17.0. The van der Waals surface area contributed by atoms with Crippen molar-refractivity contribution in [3.05, 3.63) is 71.0 Å². The molecule has 0 bridgehead atoms. The summed E-state index contributed by atoms with van der Waals surface area (Å²) < 4.78 is 20.4. The smallest absolute Gasteiger partial charge is 0.410 e. The van der Waals surface area contributed by atoms with E-state index in [1.807, 2.05) is 32.9 Å². The van der Waals surface area contributed by atoms with Crippen molar-refractivity contribution in [3.8, 4) is 0 Å². The monoisotopic (exact) mass is 493 g/mol. The Labute approximate surface area is 213 Å². The minimum absolute atomic E-state index is 0.195. The number of rotatable bonds is 3. The van der Waals surface area contributed by atoms with Crippen LogP contribution in [-0.2, 0) is 4.74 Å². The molecule has 2 aliphatic heterocycles. The Morgan fingerprint density at radius 3 is 2.31 bits per heavy atom. The van der Waals surface area contributed by atoms with Gasteiger partial charge in [-0.05, 0) is 70.1 Å². The predicted molar refractivity (Wildman–Crippen MR) is 141 cm³/mol. The fraction of sp³-hybridized carbons (Fsp3) is 0.448. The molecule has 1 saturated heterocycles. The molecule has 2 aliphatic rings. The van der Waals surface area contributed by atoms with E-state index >= 15 is 0 Å². The number of benzene rings is 2. The Morgan fingerprint density at radius 2 is 1.69 bits per heavy atom. The highest BCUT2D eigenvalue weighted by Crippen LogP contribution is 2.33. The fourth-order valence-electron chi connectivity index (χ4n) is 4.77. The van der Waals surface area contributed by atoms with Gasteiger partial charge in [-0.3, -0.25) is 0 Å². The number of hydrogen-bond donors (Lipinski definition) is 1. The Kier molecular flexibility index (Phi) is 7.67. The zero-order chi connectivity index (χ0) is 25.9. The molecule has 1 N–H and O–H groups in total. The van der Waals surface area contributed by atoms with E-state index in [0.29, 0.717) is 44.1 Å². The van der Waals surface area contributed by atoms with Gasteiger partial charge in [0, 0.05) is 31.7 Å². The maximum atomic E-state index is 14.9. The lowest BCUT2D eigenvalue weighted by Crippen LogP contribution is -2.41. The van der Waals surface area contributed by atoms with Gasteiger partial charge in [0.1, 0.15) is 11.4 Å². The van der Waals surface area contributed by atoms with E-state index in [-0.39, 0.29) is 17.8 Å². The average molecular weight is 494 g/mol. The average Bonchev–Trinajstić information content (AvgIpc) is 2.85. The fourth-order valence-corrected chi connectivity index (χ4v) is 4.77. The topological polar surface area (TPSA) is 61.9 Å². The summed E-state index contributed by atoms with van der Waals surface area (Å²) in [5.41, 5.74) is 3.74. The van der Waals surface area contributed by atoms with Gasteiger partial charge >= 0.3 is 12.1 Å². The largest absolute Gasteiger partial charge is 0.444 e. The van der Waals surface area contributed by atoms with E-state index in [2.05, 4.69) is 36.5 Å². The van der Waals surface area contributed by atoms with Gasteiger partial charge in [-0.2, -0.15) is 0 Å². The standard InChI is InChI=1S/C29H36FN3O3/c1-20-8-10-21(11-9-20)22-12-16-32(17-13-22)27(34)31-26-24(6-5-7-25(26)30)23-14-18-33(19-15-23)28(35)36-29(2,3)4/h5-11,14,22H,12-13,15-19H2,1-4H3,(H,31,34). The number of amides is 3. The third kappa shape index (κ3) is 6.25. The zero-order valence-electron chi connectivity index (χ0n) is 21.6. The molecule has 2 aromatic carbocycles. The van der Waals surface area contributed by atoms with Gasteiger partial charge in [0.25, 0.3) is 0 Å². The summed E-state index contributed by atoms with van der Waals surface area (Å²) in [5, 5.41) is 2.84. The van der Waals surface area contributed by atoms with Gasteiger partial charge in [0.2, 0.25) is 0 Å². The number of likely N-dealkylation sites (tertiary alicyclic amines) is 1. The Hall–Kier alpha value is -3.35. The third-order valence-electron chi connectivity index (χ3n) is 6.78. The molecule has 0 unspecified atom stereocenters. The van der Waals surface area contributed by atoms with Crippen molar-refractivity contribution < 1.29 is 18.7 Å². The van der Waals surface area contributed by atoms with Crippen LogP contribution in [0, 0.1) is 12.7 Å². The van der Waals surface area contributed by atoms with Gasteiger partial charge in [-0.25, -0.2) is 14.0 Å². The molecule has 0 atom stereocenters. The summed E-state index contributed by atoms with van der Waals surface area (Å²) >= 11 is 0. The van der Waals surface area contributed by atoms with E-state index < -0.39 is 11.4 Å². The molecule has 4 rings (SSSR count). The Balaban J connectivity index is 1.40. The van der Waals surface area contributed by atoms with E-state index in [0.717, 1.165) is 18.4 Å². The van der Waals surface area contributed by atoms with Crippen LogP contribution >= 0.6 is 0 Å². The molecular formula is C29H36FN3O3. The number of aryl methyl sites for hydroxylation is 1. The van der Waals surface area contributed by atoms with Gasteiger partial charge in [0.15, 0.2) is 0 Å². The molecule has 3 amide bonds. The van der Waals surface area contributed by atoms with Crippen LogP contribution in [0.2, 0.25) is 0 Å². The molecular weight excluding hydrogens is 457 g/mol. The number of halogens is 1. The first-order valence-corrected chi connectivity index (χ1v) is 12.7. The quantitative estimate of drug-likeness (QED) is 0.526. The van der Waals surface area contributed by atoms with Crippen molar-refractivity contribution in [2.24, 2.45) is 0 Å². The van der Waals surface area contributed by atoms with Crippen LogP contribution in [0.3, 0.4) is 0 Å². The first kappa shape index (κ1) is 25.7. The van der Waals surface area contributed by atoms with Crippen molar-refractivity contribution in [2.45, 2.75) is 58.5 Å². The number of urea groups is 1. The van der Waals surface area contributed by atoms with Crippen molar-refractivity contribution in [2.75, 3.05) is 31.5 Å².